The van der Waals surface area contributed by atoms with Crippen molar-refractivity contribution in [3.8, 4) is 5.75 Å². The van der Waals surface area contributed by atoms with Crippen molar-refractivity contribution in [1.29, 1.82) is 0 Å². The molecule has 0 saturated heterocycles. The molecule has 1 aliphatic rings. The van der Waals surface area contributed by atoms with Gasteiger partial charge in [-0.3, -0.25) is 4.79 Å². The van der Waals surface area contributed by atoms with Crippen molar-refractivity contribution >= 4 is 5.97 Å². The largest absolute Gasteiger partial charge is 0.496 e. The van der Waals surface area contributed by atoms with Gasteiger partial charge in [0.25, 0.3) is 0 Å². The van der Waals surface area contributed by atoms with Gasteiger partial charge >= 0.3 is 5.97 Å². The van der Waals surface area contributed by atoms with Crippen LogP contribution in [-0.2, 0) is 9.53 Å². The van der Waals surface area contributed by atoms with Gasteiger partial charge in [0.2, 0.25) is 0 Å². The fourth-order valence-electron chi connectivity index (χ4n) is 1.98. The Morgan fingerprint density at radius 2 is 2.19 bits per heavy atom. The third kappa shape index (κ3) is 1.75. The molecule has 3 nitrogen and oxygen atoms in total. The number of carbonyl (C=O) groups is 1. The van der Waals surface area contributed by atoms with Crippen LogP contribution in [0.25, 0.3) is 0 Å². The zero-order chi connectivity index (χ0) is 11.7. The summed E-state index contributed by atoms with van der Waals surface area (Å²) in [5, 5.41) is 0. The molecular weight excluding hydrogens is 211 g/mol. The van der Waals surface area contributed by atoms with Gasteiger partial charge in [-0.2, -0.15) is 0 Å². The highest BCUT2D eigenvalue weighted by Gasteiger charge is 2.47. The summed E-state index contributed by atoms with van der Waals surface area (Å²) in [6, 6.07) is 4.67. The molecule has 0 unspecified atom stereocenters. The van der Waals surface area contributed by atoms with Crippen molar-refractivity contribution in [2.75, 3.05) is 14.2 Å². The smallest absolute Gasteiger partial charge is 0.309 e. The summed E-state index contributed by atoms with van der Waals surface area (Å²) < 4.78 is 23.4. The molecule has 1 fully saturated rings. The van der Waals surface area contributed by atoms with Crippen molar-refractivity contribution in [2.24, 2.45) is 5.92 Å². The van der Waals surface area contributed by atoms with Crippen LogP contribution in [-0.4, -0.2) is 20.2 Å². The Bertz CT molecular complexity index is 417. The fourth-order valence-corrected chi connectivity index (χ4v) is 1.98. The van der Waals surface area contributed by atoms with Crippen molar-refractivity contribution < 1.29 is 18.7 Å². The van der Waals surface area contributed by atoms with Gasteiger partial charge in [-0.05, 0) is 18.6 Å². The molecule has 0 aliphatic heterocycles. The monoisotopic (exact) mass is 224 g/mol. The lowest BCUT2D eigenvalue weighted by molar-refractivity contribution is -0.142. The van der Waals surface area contributed by atoms with Gasteiger partial charge in [0, 0.05) is 11.5 Å². The number of halogens is 1. The lowest BCUT2D eigenvalue weighted by Gasteiger charge is -2.08. The minimum absolute atomic E-state index is 0.108. The zero-order valence-corrected chi connectivity index (χ0v) is 9.20. The third-order valence-electron chi connectivity index (χ3n) is 2.90. The van der Waals surface area contributed by atoms with E-state index in [0.717, 1.165) is 0 Å². The number of hydrogen-bond donors (Lipinski definition) is 0. The Morgan fingerprint density at radius 1 is 1.44 bits per heavy atom. The standard InChI is InChI=1S/C12H13FO3/c1-15-10-5-3-4-9(13)11(10)7-6-8(7)12(14)16-2/h3-5,7-8H,6H2,1-2H3/t7-,8-/m1/s1. The van der Waals surface area contributed by atoms with E-state index in [4.69, 9.17) is 4.74 Å². The van der Waals surface area contributed by atoms with Gasteiger partial charge in [-0.1, -0.05) is 6.07 Å². The quantitative estimate of drug-likeness (QED) is 0.738. The average molecular weight is 224 g/mol. The van der Waals surface area contributed by atoms with E-state index < -0.39 is 0 Å². The fraction of sp³-hybridized carbons (Fsp3) is 0.417. The molecule has 0 spiro atoms. The third-order valence-corrected chi connectivity index (χ3v) is 2.90. The number of esters is 1. The summed E-state index contributed by atoms with van der Waals surface area (Å²) in [5.74, 6) is -0.443. The number of methoxy groups -OCH3 is 2. The SMILES string of the molecule is COC(=O)[C@@H]1C[C@H]1c1c(F)cccc1OC. The summed E-state index contributed by atoms with van der Waals surface area (Å²) in [4.78, 5) is 11.3. The molecule has 0 heterocycles. The first-order valence-electron chi connectivity index (χ1n) is 5.09. The number of hydrogen-bond acceptors (Lipinski definition) is 3. The highest BCUT2D eigenvalue weighted by Crippen LogP contribution is 2.51. The van der Waals surface area contributed by atoms with Crippen molar-refractivity contribution in [3.05, 3.63) is 29.6 Å². The Morgan fingerprint density at radius 3 is 2.81 bits per heavy atom. The van der Waals surface area contributed by atoms with E-state index in [1.807, 2.05) is 0 Å². The van der Waals surface area contributed by atoms with Gasteiger partial charge in [0.05, 0.1) is 20.1 Å². The Kier molecular flexibility index (Phi) is 2.81. The summed E-state index contributed by atoms with van der Waals surface area (Å²) in [7, 11) is 2.84. The van der Waals surface area contributed by atoms with Crippen LogP contribution >= 0.6 is 0 Å². The molecule has 2 rings (SSSR count). The molecule has 0 bridgehead atoms. The van der Waals surface area contributed by atoms with Gasteiger partial charge < -0.3 is 9.47 Å². The van der Waals surface area contributed by atoms with E-state index in [1.54, 1.807) is 12.1 Å². The maximum absolute atomic E-state index is 13.6. The van der Waals surface area contributed by atoms with E-state index in [2.05, 4.69) is 4.74 Å². The van der Waals surface area contributed by atoms with Crippen LogP contribution in [0.4, 0.5) is 4.39 Å². The molecule has 0 aromatic heterocycles. The lowest BCUT2D eigenvalue weighted by Crippen LogP contribution is -2.05. The number of benzene rings is 1. The van der Waals surface area contributed by atoms with Crippen LogP contribution in [0.1, 0.15) is 17.9 Å². The van der Waals surface area contributed by atoms with E-state index in [-0.39, 0.29) is 23.6 Å². The van der Waals surface area contributed by atoms with Crippen LogP contribution in [0, 0.1) is 11.7 Å². The van der Waals surface area contributed by atoms with Gasteiger partial charge in [-0.15, -0.1) is 0 Å². The highest BCUT2D eigenvalue weighted by atomic mass is 19.1. The first-order valence-corrected chi connectivity index (χ1v) is 5.09. The second-order valence-electron chi connectivity index (χ2n) is 3.83. The number of carbonyl (C=O) groups excluding carboxylic acids is 1. The average Bonchev–Trinajstić information content (AvgIpc) is 3.07. The molecule has 2 atom stereocenters. The number of rotatable bonds is 3. The van der Waals surface area contributed by atoms with Crippen molar-refractivity contribution in [1.82, 2.24) is 0 Å². The summed E-state index contributed by atoms with van der Waals surface area (Å²) in [6.45, 7) is 0. The maximum atomic E-state index is 13.6. The zero-order valence-electron chi connectivity index (χ0n) is 9.20. The topological polar surface area (TPSA) is 35.5 Å². The molecule has 86 valence electrons. The molecule has 16 heavy (non-hydrogen) atoms. The van der Waals surface area contributed by atoms with Crippen molar-refractivity contribution in [3.63, 3.8) is 0 Å². The molecule has 0 N–H and O–H groups in total. The van der Waals surface area contributed by atoms with E-state index in [9.17, 15) is 9.18 Å². The maximum Gasteiger partial charge on any atom is 0.309 e. The first kappa shape index (κ1) is 10.9. The van der Waals surface area contributed by atoms with Crippen LogP contribution < -0.4 is 4.74 Å². The Hall–Kier alpha value is -1.58. The minimum Gasteiger partial charge on any atom is -0.496 e. The molecule has 4 heteroatoms. The predicted molar refractivity (Wildman–Crippen MR) is 55.8 cm³/mol. The molecule has 1 aliphatic carbocycles. The summed E-state index contributed by atoms with van der Waals surface area (Å²) in [6.07, 6.45) is 0.629. The minimum atomic E-state index is -0.323. The molecule has 1 saturated carbocycles. The summed E-state index contributed by atoms with van der Waals surface area (Å²) in [5.41, 5.74) is 0.486. The second-order valence-corrected chi connectivity index (χ2v) is 3.83. The van der Waals surface area contributed by atoms with E-state index >= 15 is 0 Å². The molecule has 1 aromatic rings. The van der Waals surface area contributed by atoms with E-state index in [0.29, 0.717) is 17.7 Å². The van der Waals surface area contributed by atoms with E-state index in [1.165, 1.54) is 20.3 Å². The molecule has 1 aromatic carbocycles. The highest BCUT2D eigenvalue weighted by molar-refractivity contribution is 5.77. The van der Waals surface area contributed by atoms with Crippen LogP contribution in [0.5, 0.6) is 5.75 Å². The predicted octanol–water partition coefficient (Wildman–Crippen LogP) is 2.11. The van der Waals surface area contributed by atoms with Crippen LogP contribution in [0.2, 0.25) is 0 Å². The van der Waals surface area contributed by atoms with Gasteiger partial charge in [-0.25, -0.2) is 4.39 Å². The number of ether oxygens (including phenoxy) is 2. The first-order chi connectivity index (χ1) is 7.69. The normalized spacial score (nSPS) is 22.7. The molecule has 0 radical (unpaired) electrons. The van der Waals surface area contributed by atoms with Gasteiger partial charge in [0.1, 0.15) is 11.6 Å². The molecule has 0 amide bonds. The lowest BCUT2D eigenvalue weighted by atomic mass is 10.1. The second kappa shape index (κ2) is 4.12. The summed E-state index contributed by atoms with van der Waals surface area (Å²) >= 11 is 0. The molecular formula is C12H13FO3. The van der Waals surface area contributed by atoms with Crippen molar-refractivity contribution in [2.45, 2.75) is 12.3 Å². The van der Waals surface area contributed by atoms with Crippen LogP contribution in [0.3, 0.4) is 0 Å². The Labute approximate surface area is 93.2 Å². The van der Waals surface area contributed by atoms with Gasteiger partial charge in [0.15, 0.2) is 0 Å². The van der Waals surface area contributed by atoms with Crippen LogP contribution in [0.15, 0.2) is 18.2 Å². The Balaban J connectivity index is 2.26.